The van der Waals surface area contributed by atoms with Crippen LogP contribution in [-0.2, 0) is 30.6 Å². The van der Waals surface area contributed by atoms with E-state index in [9.17, 15) is 14.0 Å². The van der Waals surface area contributed by atoms with Gasteiger partial charge in [-0.25, -0.2) is 4.39 Å². The first-order chi connectivity index (χ1) is 18.5. The molecular weight excluding hydrogens is 477 g/mol. The van der Waals surface area contributed by atoms with Gasteiger partial charge in [0.1, 0.15) is 5.82 Å². The van der Waals surface area contributed by atoms with Gasteiger partial charge in [-0.2, -0.15) is 0 Å². The minimum absolute atomic E-state index is 0.115. The number of fused-ring (bicyclic) bond motifs is 1. The molecule has 0 saturated carbocycles. The molecule has 0 unspecified atom stereocenters. The first-order valence-corrected chi connectivity index (χ1v) is 12.9. The van der Waals surface area contributed by atoms with Gasteiger partial charge in [0.25, 0.3) is 5.91 Å². The fourth-order valence-corrected chi connectivity index (χ4v) is 4.83. The number of hydrogen-bond acceptors (Lipinski definition) is 3. The summed E-state index contributed by atoms with van der Waals surface area (Å²) in [6, 6.07) is 29.8. The van der Waals surface area contributed by atoms with Crippen LogP contribution >= 0.6 is 0 Å². The molecule has 0 atom stereocenters. The Labute approximate surface area is 222 Å². The van der Waals surface area contributed by atoms with Crippen LogP contribution in [0.25, 0.3) is 0 Å². The van der Waals surface area contributed by atoms with Crippen molar-refractivity contribution in [1.29, 1.82) is 0 Å². The molecule has 0 spiro atoms. The summed E-state index contributed by atoms with van der Waals surface area (Å²) in [4.78, 5) is 28.3. The Morgan fingerprint density at radius 1 is 0.816 bits per heavy atom. The number of halogens is 1. The number of anilines is 2. The van der Waals surface area contributed by atoms with Crippen molar-refractivity contribution in [3.63, 3.8) is 0 Å². The van der Waals surface area contributed by atoms with Gasteiger partial charge in [0, 0.05) is 31.0 Å². The van der Waals surface area contributed by atoms with Crippen molar-refractivity contribution in [3.8, 4) is 0 Å². The van der Waals surface area contributed by atoms with Crippen LogP contribution in [0.2, 0.25) is 0 Å². The van der Waals surface area contributed by atoms with E-state index in [4.69, 9.17) is 0 Å². The summed E-state index contributed by atoms with van der Waals surface area (Å²) in [6.07, 6.45) is 1.75. The van der Waals surface area contributed by atoms with Gasteiger partial charge in [0.15, 0.2) is 0 Å². The predicted octanol–water partition coefficient (Wildman–Crippen LogP) is 5.54. The van der Waals surface area contributed by atoms with Gasteiger partial charge < -0.3 is 15.5 Å². The molecule has 1 heterocycles. The topological polar surface area (TPSA) is 61.4 Å². The molecule has 0 aliphatic carbocycles. The first-order valence-electron chi connectivity index (χ1n) is 12.9. The van der Waals surface area contributed by atoms with Crippen LogP contribution in [0.3, 0.4) is 0 Å². The number of hydrogen-bond donors (Lipinski definition) is 2. The Hall–Kier alpha value is -4.45. The van der Waals surface area contributed by atoms with Crippen LogP contribution in [-0.4, -0.2) is 24.9 Å². The maximum Gasteiger partial charge on any atom is 0.253 e. The molecule has 2 amide bonds. The number of nitrogens with one attached hydrogen (secondary N) is 2. The summed E-state index contributed by atoms with van der Waals surface area (Å²) in [7, 11) is 0. The van der Waals surface area contributed by atoms with E-state index >= 15 is 0 Å². The van der Waals surface area contributed by atoms with Gasteiger partial charge >= 0.3 is 0 Å². The van der Waals surface area contributed by atoms with Crippen molar-refractivity contribution in [3.05, 3.63) is 131 Å². The molecule has 0 bridgehead atoms. The second-order valence-corrected chi connectivity index (χ2v) is 9.52. The number of amides is 2. The maximum atomic E-state index is 13.4. The molecule has 4 aromatic rings. The Morgan fingerprint density at radius 2 is 1.55 bits per heavy atom. The summed E-state index contributed by atoms with van der Waals surface area (Å²) < 4.78 is 13.2. The lowest BCUT2D eigenvalue weighted by Gasteiger charge is -2.32. The number of benzene rings is 4. The summed E-state index contributed by atoms with van der Waals surface area (Å²) in [5.41, 5.74) is 6.37. The second-order valence-electron chi connectivity index (χ2n) is 9.52. The molecule has 2 N–H and O–H groups in total. The van der Waals surface area contributed by atoms with Crippen LogP contribution in [0.4, 0.5) is 15.8 Å². The molecule has 4 aromatic carbocycles. The fraction of sp³-hybridized carbons (Fsp3) is 0.188. The van der Waals surface area contributed by atoms with Crippen molar-refractivity contribution in [2.24, 2.45) is 0 Å². The van der Waals surface area contributed by atoms with Crippen molar-refractivity contribution in [1.82, 2.24) is 5.32 Å². The Balaban J connectivity index is 1.34. The quantitative estimate of drug-likeness (QED) is 0.329. The minimum Gasteiger partial charge on any atom is -0.366 e. The van der Waals surface area contributed by atoms with E-state index in [1.165, 1.54) is 23.3 Å². The largest absolute Gasteiger partial charge is 0.366 e. The zero-order chi connectivity index (χ0) is 26.3. The number of nitrogens with zero attached hydrogens (tertiary/aromatic N) is 1. The van der Waals surface area contributed by atoms with Crippen LogP contribution in [0.1, 0.15) is 32.6 Å². The molecule has 1 aliphatic heterocycles. The highest BCUT2D eigenvalue weighted by Gasteiger charge is 2.22. The average Bonchev–Trinajstić information content (AvgIpc) is 2.94. The van der Waals surface area contributed by atoms with Crippen molar-refractivity contribution in [2.75, 3.05) is 23.3 Å². The molecule has 5 nitrogen and oxygen atoms in total. The maximum absolute atomic E-state index is 13.4. The lowest BCUT2D eigenvalue weighted by atomic mass is 9.98. The molecule has 0 saturated heterocycles. The molecule has 0 radical (unpaired) electrons. The Kier molecular flexibility index (Phi) is 7.78. The van der Waals surface area contributed by atoms with Gasteiger partial charge in [-0.1, -0.05) is 66.7 Å². The molecule has 1 aliphatic rings. The molecule has 192 valence electrons. The van der Waals surface area contributed by atoms with Gasteiger partial charge in [0.2, 0.25) is 5.91 Å². The minimum atomic E-state index is -0.340. The Morgan fingerprint density at radius 3 is 2.34 bits per heavy atom. The molecule has 0 aromatic heterocycles. The zero-order valence-corrected chi connectivity index (χ0v) is 21.1. The third-order valence-electron chi connectivity index (χ3n) is 6.82. The van der Waals surface area contributed by atoms with Crippen LogP contribution in [0.5, 0.6) is 0 Å². The lowest BCUT2D eigenvalue weighted by Crippen LogP contribution is -2.33. The SMILES string of the molecule is O=C(Cc1ccc(F)cc1)Nc1ccc(N2CCc3ccccc3C2)c(C(=O)NCCc2ccccc2)c1. The summed E-state index contributed by atoms with van der Waals surface area (Å²) >= 11 is 0. The molecule has 6 heteroatoms. The molecule has 5 rings (SSSR count). The van der Waals surface area contributed by atoms with Gasteiger partial charge in [0.05, 0.1) is 12.0 Å². The summed E-state index contributed by atoms with van der Waals surface area (Å²) in [5, 5.41) is 5.95. The standard InChI is InChI=1S/C32H30FN3O2/c33-27-12-10-24(11-13-27)20-31(37)35-28-14-15-30(36-19-17-25-8-4-5-9-26(25)22-36)29(21-28)32(38)34-18-16-23-6-2-1-3-7-23/h1-15,21H,16-20,22H2,(H,34,38)(H,35,37). The third-order valence-corrected chi connectivity index (χ3v) is 6.82. The highest BCUT2D eigenvalue weighted by Crippen LogP contribution is 2.29. The van der Waals surface area contributed by atoms with Gasteiger partial charge in [-0.15, -0.1) is 0 Å². The summed E-state index contributed by atoms with van der Waals surface area (Å²) in [5.74, 6) is -0.746. The van der Waals surface area contributed by atoms with E-state index in [-0.39, 0.29) is 24.1 Å². The normalized spacial score (nSPS) is 12.5. The van der Waals surface area contributed by atoms with Crippen molar-refractivity contribution < 1.29 is 14.0 Å². The van der Waals surface area contributed by atoms with Crippen molar-refractivity contribution in [2.45, 2.75) is 25.8 Å². The second kappa shape index (κ2) is 11.7. The fourth-order valence-electron chi connectivity index (χ4n) is 4.83. The predicted molar refractivity (Wildman–Crippen MR) is 149 cm³/mol. The van der Waals surface area contributed by atoms with Crippen LogP contribution < -0.4 is 15.5 Å². The van der Waals surface area contributed by atoms with Crippen LogP contribution in [0, 0.1) is 5.82 Å². The van der Waals surface area contributed by atoms with E-state index in [1.54, 1.807) is 18.2 Å². The Bertz CT molecular complexity index is 1420. The van der Waals surface area contributed by atoms with Gasteiger partial charge in [-0.05, 0) is 65.4 Å². The molecular formula is C32H30FN3O2. The highest BCUT2D eigenvalue weighted by molar-refractivity contribution is 6.02. The molecule has 0 fully saturated rings. The van der Waals surface area contributed by atoms with E-state index in [0.717, 1.165) is 37.2 Å². The third kappa shape index (κ3) is 6.27. The number of carbonyl (C=O) groups is 2. The van der Waals surface area contributed by atoms with E-state index in [1.807, 2.05) is 48.5 Å². The summed E-state index contributed by atoms with van der Waals surface area (Å²) in [6.45, 7) is 2.03. The highest BCUT2D eigenvalue weighted by atomic mass is 19.1. The number of rotatable bonds is 8. The number of carbonyl (C=O) groups excluding carboxylic acids is 2. The zero-order valence-electron chi connectivity index (χ0n) is 21.1. The van der Waals surface area contributed by atoms with E-state index in [0.29, 0.717) is 23.4 Å². The first kappa shape index (κ1) is 25.2. The van der Waals surface area contributed by atoms with E-state index in [2.05, 4.69) is 33.7 Å². The van der Waals surface area contributed by atoms with Crippen molar-refractivity contribution >= 4 is 23.2 Å². The lowest BCUT2D eigenvalue weighted by molar-refractivity contribution is -0.115. The average molecular weight is 508 g/mol. The van der Waals surface area contributed by atoms with E-state index < -0.39 is 0 Å². The van der Waals surface area contributed by atoms with Gasteiger partial charge in [-0.3, -0.25) is 9.59 Å². The monoisotopic (exact) mass is 507 g/mol. The smallest absolute Gasteiger partial charge is 0.253 e. The van der Waals surface area contributed by atoms with Crippen LogP contribution in [0.15, 0.2) is 97.1 Å². The molecule has 38 heavy (non-hydrogen) atoms.